The fraction of sp³-hybridized carbons (Fsp3) is 0.548. The number of aryl methyl sites for hydroxylation is 1. The van der Waals surface area contributed by atoms with E-state index < -0.39 is 22.1 Å². The van der Waals surface area contributed by atoms with Gasteiger partial charge in [0.25, 0.3) is 0 Å². The molecule has 57 heavy (non-hydrogen) atoms. The van der Waals surface area contributed by atoms with Crippen LogP contribution in [-0.2, 0) is 48.0 Å². The maximum Gasteiger partial charge on any atom is 0.310 e. The minimum Gasteiger partial charge on any atom is -0.465 e. The maximum absolute atomic E-state index is 15.0. The summed E-state index contributed by atoms with van der Waals surface area (Å²) in [5, 5.41) is 8.84. The summed E-state index contributed by atoms with van der Waals surface area (Å²) in [5.74, 6) is -0.532. The molecule has 6 bridgehead atoms. The second-order valence-corrected chi connectivity index (χ2v) is 21.2. The number of benzene rings is 1. The smallest absolute Gasteiger partial charge is 0.310 e. The largest absolute Gasteiger partial charge is 0.465 e. The second-order valence-electron chi connectivity index (χ2n) is 17.3. The molecule has 1 saturated carbocycles. The first-order valence-corrected chi connectivity index (χ1v) is 23.3. The number of carbonyl (C=O) groups excluding carboxylic acids is 3. The van der Waals surface area contributed by atoms with Crippen LogP contribution in [0.25, 0.3) is 33.4 Å². The molecular weight excluding hydrogens is 773 g/mol. The summed E-state index contributed by atoms with van der Waals surface area (Å²) in [5.41, 5.74) is 6.01. The second kappa shape index (κ2) is 13.7. The monoisotopic (exact) mass is 820 g/mol. The first kappa shape index (κ1) is 37.5. The minimum absolute atomic E-state index is 0.0503. The van der Waals surface area contributed by atoms with Crippen LogP contribution in [0.3, 0.4) is 0 Å². The molecule has 1 aliphatic carbocycles. The number of esters is 1. The number of methoxy groups -OCH3 is 1. The molecule has 1 N–H and O–H groups in total. The number of nitrogens with one attached hydrogen (secondary N) is 1. The van der Waals surface area contributed by atoms with Crippen molar-refractivity contribution in [3.05, 3.63) is 58.2 Å². The van der Waals surface area contributed by atoms with E-state index in [1.54, 1.807) is 18.4 Å². The Hall–Kier alpha value is -3.74. The summed E-state index contributed by atoms with van der Waals surface area (Å²) < 4.78 is 22.3. The summed E-state index contributed by atoms with van der Waals surface area (Å²) in [7, 11) is 2.53. The van der Waals surface area contributed by atoms with Crippen molar-refractivity contribution in [1.29, 1.82) is 0 Å². The number of amides is 2. The van der Waals surface area contributed by atoms with Gasteiger partial charge in [-0.3, -0.25) is 24.4 Å². The highest BCUT2D eigenvalue weighted by molar-refractivity contribution is 7.10. The van der Waals surface area contributed by atoms with Crippen LogP contribution in [-0.4, -0.2) is 105 Å². The van der Waals surface area contributed by atoms with Gasteiger partial charge < -0.3 is 24.1 Å². The standard InChI is InChI=1S/C42H48N6O6SSi2/c1-6-46-30-14-13-24-18-27(30)28(34(46)25-10-7-15-43-33(25)23(2)52-5)19-40(3,4)22-54-37(50)26-11-8-16-47(48-36(26)57-48)39(51)41(20-32-44-29(24)21-55-32)38-42(41,56-38)45-35(49)31-12-9-17-53-31/h7,10,13-15,18,21,23,26,31,36,38H,6,8-9,11-12,16-17,19-20,22H2,1-5H3,(H,45,49)/t23-,26+,31+,36?,38?,41+,42?,48?/m0/s1. The van der Waals surface area contributed by atoms with Crippen molar-refractivity contribution in [1.82, 2.24) is 29.5 Å². The van der Waals surface area contributed by atoms with E-state index >= 15 is 4.79 Å². The van der Waals surface area contributed by atoms with Crippen LogP contribution in [0.15, 0.2) is 41.9 Å². The topological polar surface area (TPSA) is 128 Å². The van der Waals surface area contributed by atoms with E-state index in [0.29, 0.717) is 64.5 Å². The van der Waals surface area contributed by atoms with Crippen molar-refractivity contribution in [2.75, 3.05) is 26.9 Å². The Kier molecular flexibility index (Phi) is 9.00. The van der Waals surface area contributed by atoms with E-state index in [9.17, 15) is 9.59 Å². The zero-order chi connectivity index (χ0) is 39.4. The Morgan fingerprint density at radius 2 is 2.04 bits per heavy atom. The number of fused-ring (bicyclic) bond motifs is 7. The van der Waals surface area contributed by atoms with Crippen LogP contribution < -0.4 is 5.32 Å². The molecule has 4 unspecified atom stereocenters. The molecule has 4 aromatic rings. The number of nitrogens with zero attached hydrogens (tertiary/aromatic N) is 5. The zero-order valence-corrected chi connectivity index (χ0v) is 35.9. The Morgan fingerprint density at radius 1 is 1.18 bits per heavy atom. The van der Waals surface area contributed by atoms with Crippen LogP contribution in [0.5, 0.6) is 0 Å². The van der Waals surface area contributed by atoms with Crippen molar-refractivity contribution < 1.29 is 28.6 Å². The summed E-state index contributed by atoms with van der Waals surface area (Å²) in [6.45, 7) is 10.7. The molecule has 296 valence electrons. The molecule has 15 heteroatoms. The number of hydrogen-bond donors (Lipinski definition) is 1. The fourth-order valence-corrected chi connectivity index (χ4v) is 14.2. The summed E-state index contributed by atoms with van der Waals surface area (Å²) in [6.07, 6.45) is 5.22. The van der Waals surface area contributed by atoms with Gasteiger partial charge in [0.2, 0.25) is 11.8 Å². The number of carbonyl (C=O) groups is 3. The van der Waals surface area contributed by atoms with Gasteiger partial charge in [0.05, 0.1) is 55.7 Å². The molecule has 10 rings (SSSR count). The van der Waals surface area contributed by atoms with Crippen LogP contribution in [0.4, 0.5) is 0 Å². The van der Waals surface area contributed by atoms with Crippen LogP contribution in [0.2, 0.25) is 5.54 Å². The van der Waals surface area contributed by atoms with Crippen LogP contribution in [0, 0.1) is 16.7 Å². The Morgan fingerprint density at radius 3 is 2.81 bits per heavy atom. The van der Waals surface area contributed by atoms with Crippen molar-refractivity contribution >= 4 is 59.2 Å². The molecule has 12 nitrogen and oxygen atoms in total. The van der Waals surface area contributed by atoms with E-state index in [4.69, 9.17) is 24.2 Å². The Balaban J connectivity index is 1.09. The third-order valence-electron chi connectivity index (χ3n) is 13.1. The number of rotatable bonds is 6. The van der Waals surface area contributed by atoms with Gasteiger partial charge in [0, 0.05) is 83.1 Å². The number of hydrogen-bond acceptors (Lipinski definition) is 10. The van der Waals surface area contributed by atoms with E-state index in [0.717, 1.165) is 57.1 Å². The van der Waals surface area contributed by atoms with Crippen molar-refractivity contribution in [2.24, 2.45) is 16.7 Å². The summed E-state index contributed by atoms with van der Waals surface area (Å²) in [4.78, 5) is 52.6. The van der Waals surface area contributed by atoms with Crippen molar-refractivity contribution in [3.8, 4) is 22.5 Å². The summed E-state index contributed by atoms with van der Waals surface area (Å²) in [6, 6.07) is 10.7. The predicted octanol–water partition coefficient (Wildman–Crippen LogP) is 5.13. The average Bonchev–Trinajstić information content (AvgIpc) is 4.08. The first-order chi connectivity index (χ1) is 27.5. The third-order valence-corrected chi connectivity index (χ3v) is 17.6. The van der Waals surface area contributed by atoms with E-state index in [1.165, 1.54) is 5.56 Å². The fourth-order valence-electron chi connectivity index (χ4n) is 9.89. The lowest BCUT2D eigenvalue weighted by Crippen LogP contribution is -2.54. The molecule has 4 radical (unpaired) electrons. The molecule has 1 spiro atoms. The normalized spacial score (nSPS) is 31.9. The molecular formula is C42H48N6O6SSi2. The number of ether oxygens (including phenoxy) is 3. The van der Waals surface area contributed by atoms with Gasteiger partial charge in [-0.1, -0.05) is 19.9 Å². The molecule has 4 saturated heterocycles. The van der Waals surface area contributed by atoms with E-state index in [2.05, 4.69) is 65.0 Å². The van der Waals surface area contributed by atoms with Crippen LogP contribution in [0.1, 0.15) is 75.7 Å². The summed E-state index contributed by atoms with van der Waals surface area (Å²) >= 11 is 1.59. The third kappa shape index (κ3) is 5.93. The molecule has 2 amide bonds. The SMILES string of the molecule is CCn1c(-c2cccnc2[C@H](C)OC)c2c3cc(ccc31)-c1csc(n1)C[C@]1(C(=O)N3CCC[C@@H](C(=O)OCC(C)(C)C2)C2[Si]N23)C2[Si]C21NC(=O)[C@H]1CCCO1. The molecule has 5 fully saturated rings. The molecule has 8 atom stereocenters. The van der Waals surface area contributed by atoms with Gasteiger partial charge in [-0.25, -0.2) is 9.66 Å². The molecule has 6 aliphatic rings. The average molecular weight is 821 g/mol. The van der Waals surface area contributed by atoms with Crippen LogP contribution >= 0.6 is 11.3 Å². The van der Waals surface area contributed by atoms with Gasteiger partial charge >= 0.3 is 5.97 Å². The number of thiazole rings is 1. The van der Waals surface area contributed by atoms with Gasteiger partial charge in [-0.05, 0) is 81.3 Å². The molecule has 1 aromatic carbocycles. The predicted molar refractivity (Wildman–Crippen MR) is 217 cm³/mol. The van der Waals surface area contributed by atoms with Gasteiger partial charge in [0.15, 0.2) is 9.68 Å². The minimum atomic E-state index is -0.773. The van der Waals surface area contributed by atoms with Crippen molar-refractivity contribution in [3.63, 3.8) is 0 Å². The van der Waals surface area contributed by atoms with Gasteiger partial charge in [0.1, 0.15) is 6.10 Å². The number of hydrazine groups is 1. The van der Waals surface area contributed by atoms with E-state index in [-0.39, 0.29) is 47.6 Å². The quantitative estimate of drug-likeness (QED) is 0.160. The molecule has 5 aliphatic heterocycles. The van der Waals surface area contributed by atoms with E-state index in [1.807, 2.05) is 24.2 Å². The highest BCUT2D eigenvalue weighted by Gasteiger charge is 2.93. The lowest BCUT2D eigenvalue weighted by atomic mass is 9.84. The molecule has 3 aromatic heterocycles. The Labute approximate surface area is 341 Å². The number of cyclic esters (lactones) is 1. The van der Waals surface area contributed by atoms with Gasteiger partial charge in [-0.2, -0.15) is 0 Å². The lowest BCUT2D eigenvalue weighted by molar-refractivity contribution is -0.154. The highest BCUT2D eigenvalue weighted by atomic mass is 32.1. The maximum atomic E-state index is 15.0. The Bertz CT molecular complexity index is 2310. The first-order valence-electron chi connectivity index (χ1n) is 20.3. The number of aromatic nitrogens is 3. The van der Waals surface area contributed by atoms with Gasteiger partial charge in [-0.15, -0.1) is 11.3 Å². The lowest BCUT2D eigenvalue weighted by Gasteiger charge is -2.33. The number of pyridine rings is 1. The van der Waals surface area contributed by atoms with Crippen molar-refractivity contribution in [2.45, 2.75) is 101 Å². The zero-order valence-electron chi connectivity index (χ0n) is 33.1. The molecule has 8 heterocycles. The highest BCUT2D eigenvalue weighted by Crippen LogP contribution is 2.81.